The van der Waals surface area contributed by atoms with Crippen molar-refractivity contribution in [1.29, 1.82) is 0 Å². The number of aliphatic hydroxyl groups excluding tert-OH is 1. The largest absolute Gasteiger partial charge is 0.454 e. The molecule has 2 aliphatic heterocycles. The van der Waals surface area contributed by atoms with Gasteiger partial charge in [-0.15, -0.1) is 0 Å². The third-order valence-electron chi connectivity index (χ3n) is 4.06. The quantitative estimate of drug-likeness (QED) is 0.861. The van der Waals surface area contributed by atoms with Crippen molar-refractivity contribution in [3.05, 3.63) is 23.8 Å². The smallest absolute Gasteiger partial charge is 0.410 e. The lowest BCUT2D eigenvalue weighted by atomic mass is 9.87. The van der Waals surface area contributed by atoms with Crippen LogP contribution in [-0.4, -0.2) is 47.7 Å². The number of aliphatic hydroxyl groups is 1. The van der Waals surface area contributed by atoms with Gasteiger partial charge in [-0.05, 0) is 44.9 Å². The van der Waals surface area contributed by atoms with Crippen LogP contribution in [0.2, 0.25) is 0 Å². The van der Waals surface area contributed by atoms with Crippen LogP contribution in [0.5, 0.6) is 11.5 Å². The highest BCUT2D eigenvalue weighted by molar-refractivity contribution is 5.68. The van der Waals surface area contributed by atoms with Gasteiger partial charge in [-0.3, -0.25) is 0 Å². The molecule has 2 aliphatic rings. The van der Waals surface area contributed by atoms with E-state index in [9.17, 15) is 9.90 Å². The van der Waals surface area contributed by atoms with Crippen molar-refractivity contribution in [2.75, 3.05) is 19.9 Å². The molecule has 0 radical (unpaired) electrons. The van der Waals surface area contributed by atoms with Crippen molar-refractivity contribution in [3.63, 3.8) is 0 Å². The van der Waals surface area contributed by atoms with Crippen LogP contribution in [0.25, 0.3) is 0 Å². The summed E-state index contributed by atoms with van der Waals surface area (Å²) >= 11 is 0. The number of benzene rings is 1. The van der Waals surface area contributed by atoms with Gasteiger partial charge in [0, 0.05) is 12.5 Å². The average molecular weight is 321 g/mol. The van der Waals surface area contributed by atoms with Crippen LogP contribution in [0, 0.1) is 0 Å². The third kappa shape index (κ3) is 3.52. The van der Waals surface area contributed by atoms with E-state index in [1.165, 1.54) is 0 Å². The molecule has 0 aliphatic carbocycles. The number of carbonyl (C=O) groups excluding carboxylic acids is 1. The highest BCUT2D eigenvalue weighted by atomic mass is 16.7. The molecule has 1 aromatic rings. The first kappa shape index (κ1) is 15.9. The Morgan fingerprint density at radius 1 is 1.30 bits per heavy atom. The number of rotatable bonds is 1. The molecule has 0 unspecified atom stereocenters. The molecular formula is C17H23NO5. The lowest BCUT2D eigenvalue weighted by Crippen LogP contribution is -2.47. The van der Waals surface area contributed by atoms with Gasteiger partial charge in [0.15, 0.2) is 11.5 Å². The van der Waals surface area contributed by atoms with E-state index in [0.29, 0.717) is 18.7 Å². The summed E-state index contributed by atoms with van der Waals surface area (Å²) in [5.41, 5.74) is 0.474. The van der Waals surface area contributed by atoms with Crippen molar-refractivity contribution in [2.24, 2.45) is 0 Å². The van der Waals surface area contributed by atoms with Crippen LogP contribution in [0.1, 0.15) is 38.7 Å². The number of carbonyl (C=O) groups is 1. The second kappa shape index (κ2) is 5.92. The van der Waals surface area contributed by atoms with Crippen LogP contribution < -0.4 is 9.47 Å². The summed E-state index contributed by atoms with van der Waals surface area (Å²) in [7, 11) is 0. The fourth-order valence-electron chi connectivity index (χ4n) is 2.96. The summed E-state index contributed by atoms with van der Waals surface area (Å²) in [4.78, 5) is 13.7. The molecule has 1 fully saturated rings. The Morgan fingerprint density at radius 3 is 2.74 bits per heavy atom. The van der Waals surface area contributed by atoms with E-state index in [4.69, 9.17) is 14.2 Å². The molecule has 3 rings (SSSR count). The van der Waals surface area contributed by atoms with Crippen LogP contribution >= 0.6 is 0 Å². The van der Waals surface area contributed by atoms with E-state index in [0.717, 1.165) is 11.3 Å². The van der Waals surface area contributed by atoms with E-state index in [1.54, 1.807) is 4.90 Å². The lowest BCUT2D eigenvalue weighted by Gasteiger charge is -2.36. The van der Waals surface area contributed by atoms with Gasteiger partial charge < -0.3 is 24.2 Å². The van der Waals surface area contributed by atoms with Gasteiger partial charge in [-0.2, -0.15) is 0 Å². The minimum Gasteiger partial charge on any atom is -0.454 e. The van der Waals surface area contributed by atoms with E-state index < -0.39 is 11.7 Å². The van der Waals surface area contributed by atoms with Crippen LogP contribution in [0.15, 0.2) is 18.2 Å². The number of piperidine rings is 1. The van der Waals surface area contributed by atoms with Crippen molar-refractivity contribution >= 4 is 6.09 Å². The molecule has 6 heteroatoms. The number of hydrogen-bond donors (Lipinski definition) is 1. The first-order chi connectivity index (χ1) is 10.8. The molecule has 2 heterocycles. The van der Waals surface area contributed by atoms with E-state index >= 15 is 0 Å². The molecule has 0 spiro atoms. The minimum absolute atomic E-state index is 0.0248. The summed E-state index contributed by atoms with van der Waals surface area (Å²) in [6.45, 7) is 6.57. The lowest BCUT2D eigenvalue weighted by molar-refractivity contribution is -0.00153. The van der Waals surface area contributed by atoms with Crippen molar-refractivity contribution < 1.29 is 24.1 Å². The summed E-state index contributed by atoms with van der Waals surface area (Å²) in [6.07, 6.45) is -0.322. The first-order valence-corrected chi connectivity index (χ1v) is 7.89. The number of likely N-dealkylation sites (tertiary alicyclic amines) is 1. The Morgan fingerprint density at radius 2 is 2.04 bits per heavy atom. The zero-order valence-electron chi connectivity index (χ0n) is 13.7. The Bertz CT molecular complexity index is 595. The molecule has 0 aromatic heterocycles. The normalized spacial score (nSPS) is 23.7. The van der Waals surface area contributed by atoms with Crippen molar-refractivity contribution in [2.45, 2.75) is 44.8 Å². The molecule has 1 saturated heterocycles. The fraction of sp³-hybridized carbons (Fsp3) is 0.588. The topological polar surface area (TPSA) is 68.2 Å². The van der Waals surface area contributed by atoms with Crippen LogP contribution in [-0.2, 0) is 4.74 Å². The molecule has 0 saturated carbocycles. The fourth-order valence-corrected chi connectivity index (χ4v) is 2.96. The Balaban J connectivity index is 1.66. The number of hydrogen-bond acceptors (Lipinski definition) is 5. The zero-order chi connectivity index (χ0) is 16.6. The van der Waals surface area contributed by atoms with E-state index in [1.807, 2.05) is 39.0 Å². The Labute approximate surface area is 135 Å². The molecule has 1 amide bonds. The number of fused-ring (bicyclic) bond motifs is 1. The standard InChI is InChI=1S/C17H23NO5/c1-17(2,3)23-16(20)18-7-6-12(13(19)9-18)11-4-5-14-15(8-11)22-10-21-14/h4-5,8,12-13,19H,6-7,9-10H2,1-3H3/t12-,13+/m1/s1. The maximum absolute atomic E-state index is 12.1. The highest BCUT2D eigenvalue weighted by Gasteiger charge is 2.33. The molecule has 126 valence electrons. The molecule has 23 heavy (non-hydrogen) atoms. The van der Waals surface area contributed by atoms with Crippen LogP contribution in [0.3, 0.4) is 0 Å². The first-order valence-electron chi connectivity index (χ1n) is 7.89. The number of β-amino-alcohol motifs (C(OH)–C–C–N with tert-alkyl or cyclic N) is 1. The average Bonchev–Trinajstić information content (AvgIpc) is 2.92. The second-order valence-corrected chi connectivity index (χ2v) is 7.00. The SMILES string of the molecule is CC(C)(C)OC(=O)N1CC[C@H](c2ccc3c(c2)OCO3)[C@@H](O)C1. The number of ether oxygens (including phenoxy) is 3. The molecule has 0 bridgehead atoms. The summed E-state index contributed by atoms with van der Waals surface area (Å²) in [6, 6.07) is 5.73. The predicted octanol–water partition coefficient (Wildman–Crippen LogP) is 2.50. The van der Waals surface area contributed by atoms with Gasteiger partial charge in [0.05, 0.1) is 12.6 Å². The maximum atomic E-state index is 12.1. The second-order valence-electron chi connectivity index (χ2n) is 7.00. The molecule has 6 nitrogen and oxygen atoms in total. The van der Waals surface area contributed by atoms with Crippen molar-refractivity contribution in [3.8, 4) is 11.5 Å². The van der Waals surface area contributed by atoms with E-state index in [-0.39, 0.29) is 25.3 Å². The van der Waals surface area contributed by atoms with Crippen LogP contribution in [0.4, 0.5) is 4.79 Å². The molecule has 2 atom stereocenters. The Hall–Kier alpha value is -1.95. The van der Waals surface area contributed by atoms with Crippen molar-refractivity contribution in [1.82, 2.24) is 4.90 Å². The third-order valence-corrected chi connectivity index (χ3v) is 4.06. The maximum Gasteiger partial charge on any atom is 0.410 e. The van der Waals surface area contributed by atoms with Gasteiger partial charge in [0.25, 0.3) is 0 Å². The van der Waals surface area contributed by atoms with Gasteiger partial charge in [0.2, 0.25) is 6.79 Å². The number of nitrogens with zero attached hydrogens (tertiary/aromatic N) is 1. The van der Waals surface area contributed by atoms with Gasteiger partial charge >= 0.3 is 6.09 Å². The van der Waals surface area contributed by atoms with Gasteiger partial charge in [-0.25, -0.2) is 4.79 Å². The monoisotopic (exact) mass is 321 g/mol. The molecular weight excluding hydrogens is 298 g/mol. The summed E-state index contributed by atoms with van der Waals surface area (Å²) < 4.78 is 16.1. The number of amides is 1. The Kier molecular flexibility index (Phi) is 4.10. The minimum atomic E-state index is -0.628. The van der Waals surface area contributed by atoms with Gasteiger partial charge in [-0.1, -0.05) is 6.07 Å². The van der Waals surface area contributed by atoms with Gasteiger partial charge in [0.1, 0.15) is 5.60 Å². The summed E-state index contributed by atoms with van der Waals surface area (Å²) in [5.74, 6) is 1.42. The molecule has 1 aromatic carbocycles. The molecule has 1 N–H and O–H groups in total. The van der Waals surface area contributed by atoms with E-state index in [2.05, 4.69) is 0 Å². The zero-order valence-corrected chi connectivity index (χ0v) is 13.7. The summed E-state index contributed by atoms with van der Waals surface area (Å²) in [5, 5.41) is 10.5. The predicted molar refractivity (Wildman–Crippen MR) is 83.7 cm³/mol. The highest BCUT2D eigenvalue weighted by Crippen LogP contribution is 2.37.